The average molecular weight is 350 g/mol. The fourth-order valence-electron chi connectivity index (χ4n) is 3.24. The van der Waals surface area contributed by atoms with Crippen LogP contribution in [0.1, 0.15) is 17.0 Å². The molecule has 26 heavy (non-hydrogen) atoms. The van der Waals surface area contributed by atoms with Crippen molar-refractivity contribution in [2.45, 2.75) is 19.8 Å². The molecule has 0 fully saturated rings. The highest BCUT2D eigenvalue weighted by Crippen LogP contribution is 2.23. The van der Waals surface area contributed by atoms with Gasteiger partial charge in [0.25, 0.3) is 0 Å². The molecule has 4 aromatic rings. The van der Waals surface area contributed by atoms with Gasteiger partial charge in [0, 0.05) is 42.0 Å². The van der Waals surface area contributed by atoms with Crippen LogP contribution in [0.15, 0.2) is 48.8 Å². The highest BCUT2D eigenvalue weighted by atomic mass is 19.1. The van der Waals surface area contributed by atoms with Crippen LogP contribution in [0.25, 0.3) is 16.6 Å². The Morgan fingerprint density at radius 3 is 3.04 bits per heavy atom. The molecule has 0 aliphatic rings. The zero-order valence-corrected chi connectivity index (χ0v) is 14.4. The lowest BCUT2D eigenvalue weighted by Gasteiger charge is -2.05. The summed E-state index contributed by atoms with van der Waals surface area (Å²) in [6, 6.07) is 10.4. The maximum atomic E-state index is 13.5. The molecule has 1 aromatic carbocycles. The molecule has 0 saturated heterocycles. The summed E-state index contributed by atoms with van der Waals surface area (Å²) in [6.45, 7) is 2.41. The minimum absolute atomic E-state index is 0.0815. The highest BCUT2D eigenvalue weighted by molar-refractivity contribution is 5.90. The Hall–Kier alpha value is -3.15. The number of aromatic amines is 1. The van der Waals surface area contributed by atoms with Crippen molar-refractivity contribution in [3.63, 3.8) is 0 Å². The number of pyridine rings is 1. The number of hydrogen-bond acceptors (Lipinski definition) is 2. The van der Waals surface area contributed by atoms with Gasteiger partial charge in [-0.3, -0.25) is 4.79 Å². The molecule has 0 saturated carbocycles. The Kier molecular flexibility index (Phi) is 4.16. The summed E-state index contributed by atoms with van der Waals surface area (Å²) in [5.41, 5.74) is 4.40. The number of aryl methyl sites for hydroxylation is 1. The van der Waals surface area contributed by atoms with Crippen LogP contribution in [0.4, 0.5) is 4.39 Å². The van der Waals surface area contributed by atoms with Crippen LogP contribution in [-0.2, 0) is 17.6 Å². The molecule has 5 nitrogen and oxygen atoms in total. The van der Waals surface area contributed by atoms with Crippen LogP contribution < -0.4 is 5.32 Å². The fourth-order valence-corrected chi connectivity index (χ4v) is 3.24. The van der Waals surface area contributed by atoms with Crippen molar-refractivity contribution >= 4 is 22.5 Å². The van der Waals surface area contributed by atoms with E-state index in [0.29, 0.717) is 13.0 Å². The third-order valence-electron chi connectivity index (χ3n) is 4.54. The maximum absolute atomic E-state index is 13.5. The summed E-state index contributed by atoms with van der Waals surface area (Å²) in [7, 11) is 0. The molecule has 0 unspecified atom stereocenters. The Labute approximate surface area is 149 Å². The molecule has 0 aliphatic carbocycles. The van der Waals surface area contributed by atoms with Crippen LogP contribution in [-0.4, -0.2) is 26.8 Å². The van der Waals surface area contributed by atoms with Crippen LogP contribution in [0, 0.1) is 12.7 Å². The van der Waals surface area contributed by atoms with E-state index in [9.17, 15) is 9.18 Å². The zero-order chi connectivity index (χ0) is 18.1. The molecular formula is C20H19FN4O. The molecule has 0 bridgehead atoms. The van der Waals surface area contributed by atoms with Crippen molar-refractivity contribution in [1.29, 1.82) is 0 Å². The van der Waals surface area contributed by atoms with E-state index in [2.05, 4.69) is 15.3 Å². The van der Waals surface area contributed by atoms with Crippen LogP contribution in [0.3, 0.4) is 0 Å². The third-order valence-corrected chi connectivity index (χ3v) is 4.54. The predicted molar refractivity (Wildman–Crippen MR) is 98.6 cm³/mol. The average Bonchev–Trinajstić information content (AvgIpc) is 3.16. The van der Waals surface area contributed by atoms with Gasteiger partial charge >= 0.3 is 0 Å². The molecule has 3 aromatic heterocycles. The summed E-state index contributed by atoms with van der Waals surface area (Å²) < 4.78 is 15.5. The molecule has 132 valence electrons. The van der Waals surface area contributed by atoms with E-state index in [1.165, 1.54) is 12.1 Å². The minimum atomic E-state index is -0.301. The van der Waals surface area contributed by atoms with Gasteiger partial charge in [-0.1, -0.05) is 6.07 Å². The number of hydrogen-bond donors (Lipinski definition) is 2. The Morgan fingerprint density at radius 1 is 1.31 bits per heavy atom. The molecule has 0 radical (unpaired) electrons. The van der Waals surface area contributed by atoms with Crippen LogP contribution in [0.5, 0.6) is 0 Å². The van der Waals surface area contributed by atoms with Gasteiger partial charge in [-0.05, 0) is 42.8 Å². The van der Waals surface area contributed by atoms with E-state index in [-0.39, 0.29) is 18.1 Å². The summed E-state index contributed by atoms with van der Waals surface area (Å²) in [6.07, 6.45) is 4.80. The number of amides is 1. The lowest BCUT2D eigenvalue weighted by atomic mass is 10.1. The summed E-state index contributed by atoms with van der Waals surface area (Å²) >= 11 is 0. The molecule has 0 spiro atoms. The predicted octanol–water partition coefficient (Wildman–Crippen LogP) is 3.16. The number of H-pyrrole nitrogens is 1. The molecule has 2 N–H and O–H groups in total. The van der Waals surface area contributed by atoms with Gasteiger partial charge < -0.3 is 14.7 Å². The number of fused-ring (bicyclic) bond motifs is 2. The van der Waals surface area contributed by atoms with Gasteiger partial charge in [-0.25, -0.2) is 9.37 Å². The Balaban J connectivity index is 1.40. The summed E-state index contributed by atoms with van der Waals surface area (Å²) in [5.74, 6) is -0.382. The SMILES string of the molecule is Cc1[nH]c2ccc(F)cc2c1CC(=O)NCCc1cn2ccccc2n1. The van der Waals surface area contributed by atoms with E-state index in [1.54, 1.807) is 6.07 Å². The summed E-state index contributed by atoms with van der Waals surface area (Å²) in [4.78, 5) is 20.0. The number of benzene rings is 1. The normalized spacial score (nSPS) is 11.3. The first kappa shape index (κ1) is 16.3. The Bertz CT molecular complexity index is 1060. The Morgan fingerprint density at radius 2 is 2.19 bits per heavy atom. The first-order valence-corrected chi connectivity index (χ1v) is 8.56. The number of rotatable bonds is 5. The summed E-state index contributed by atoms with van der Waals surface area (Å²) in [5, 5.41) is 3.69. The molecule has 6 heteroatoms. The number of nitrogens with zero attached hydrogens (tertiary/aromatic N) is 2. The second-order valence-corrected chi connectivity index (χ2v) is 6.39. The van der Waals surface area contributed by atoms with Gasteiger partial charge in [0.2, 0.25) is 5.91 Å². The van der Waals surface area contributed by atoms with Crippen molar-refractivity contribution in [3.05, 3.63) is 71.6 Å². The molecular weight excluding hydrogens is 331 g/mol. The van der Waals surface area contributed by atoms with Gasteiger partial charge in [0.05, 0.1) is 12.1 Å². The largest absolute Gasteiger partial charge is 0.358 e. The van der Waals surface area contributed by atoms with Crippen molar-refractivity contribution < 1.29 is 9.18 Å². The highest BCUT2D eigenvalue weighted by Gasteiger charge is 2.13. The molecule has 4 rings (SSSR count). The fraction of sp³-hybridized carbons (Fsp3) is 0.200. The topological polar surface area (TPSA) is 62.2 Å². The van der Waals surface area contributed by atoms with E-state index in [4.69, 9.17) is 0 Å². The second-order valence-electron chi connectivity index (χ2n) is 6.39. The van der Waals surface area contributed by atoms with Crippen LogP contribution in [0.2, 0.25) is 0 Å². The van der Waals surface area contributed by atoms with Gasteiger partial charge in [-0.2, -0.15) is 0 Å². The zero-order valence-electron chi connectivity index (χ0n) is 14.4. The molecule has 1 amide bonds. The first-order valence-electron chi connectivity index (χ1n) is 8.56. The maximum Gasteiger partial charge on any atom is 0.224 e. The van der Waals surface area contributed by atoms with E-state index in [1.807, 2.05) is 41.9 Å². The lowest BCUT2D eigenvalue weighted by molar-refractivity contribution is -0.120. The van der Waals surface area contributed by atoms with Crippen molar-refractivity contribution in [3.8, 4) is 0 Å². The van der Waals surface area contributed by atoms with Gasteiger partial charge in [-0.15, -0.1) is 0 Å². The standard InChI is InChI=1S/C20H19FN4O/c1-13-16(17-10-14(21)5-6-18(17)23-13)11-20(26)22-8-7-15-12-25-9-3-2-4-19(25)24-15/h2-6,9-10,12,23H,7-8,11H2,1H3,(H,22,26). The van der Waals surface area contributed by atoms with E-state index < -0.39 is 0 Å². The van der Waals surface area contributed by atoms with E-state index >= 15 is 0 Å². The number of imidazole rings is 1. The molecule has 3 heterocycles. The molecule has 0 atom stereocenters. The van der Waals surface area contributed by atoms with Crippen molar-refractivity contribution in [1.82, 2.24) is 19.7 Å². The van der Waals surface area contributed by atoms with Crippen molar-refractivity contribution in [2.24, 2.45) is 0 Å². The third kappa shape index (κ3) is 3.18. The van der Waals surface area contributed by atoms with Gasteiger partial charge in [0.1, 0.15) is 11.5 Å². The quantitative estimate of drug-likeness (QED) is 0.581. The van der Waals surface area contributed by atoms with Crippen LogP contribution >= 0.6 is 0 Å². The number of nitrogens with one attached hydrogen (secondary N) is 2. The monoisotopic (exact) mass is 350 g/mol. The number of carbonyl (C=O) groups excluding carboxylic acids is 1. The van der Waals surface area contributed by atoms with E-state index in [0.717, 1.165) is 33.5 Å². The lowest BCUT2D eigenvalue weighted by Crippen LogP contribution is -2.27. The van der Waals surface area contributed by atoms with Crippen molar-refractivity contribution in [2.75, 3.05) is 6.54 Å². The second kappa shape index (κ2) is 6.63. The number of halogens is 1. The van der Waals surface area contributed by atoms with Gasteiger partial charge in [0.15, 0.2) is 0 Å². The first-order chi connectivity index (χ1) is 12.6. The number of aromatic nitrogens is 3. The number of carbonyl (C=O) groups is 1. The smallest absolute Gasteiger partial charge is 0.224 e. The minimum Gasteiger partial charge on any atom is -0.358 e. The molecule has 0 aliphatic heterocycles.